The Hall–Kier alpha value is -0.830. The summed E-state index contributed by atoms with van der Waals surface area (Å²) in [6, 6.07) is 0. The van der Waals surface area contributed by atoms with Gasteiger partial charge in [-0.1, -0.05) is 25.5 Å². The van der Waals surface area contributed by atoms with E-state index in [1.807, 2.05) is 0 Å². The first-order chi connectivity index (χ1) is 10.9. The summed E-state index contributed by atoms with van der Waals surface area (Å²) < 4.78 is 0. The molecule has 0 saturated heterocycles. The average molecular weight is 318 g/mol. The van der Waals surface area contributed by atoms with E-state index in [-0.39, 0.29) is 17.9 Å². The lowest BCUT2D eigenvalue weighted by molar-refractivity contribution is -0.191. The molecule has 0 amide bonds. The molecular formula is C20H30O3. The van der Waals surface area contributed by atoms with Crippen LogP contribution in [0, 0.1) is 34.0 Å². The van der Waals surface area contributed by atoms with Crippen molar-refractivity contribution in [2.45, 2.75) is 64.7 Å². The Bertz CT molecular complexity index is 555. The smallest absolute Gasteiger partial charge is 0.312 e. The molecule has 4 rings (SSSR count). The van der Waals surface area contributed by atoms with E-state index in [1.54, 1.807) is 0 Å². The molecule has 3 nitrogen and oxygen atoms in total. The van der Waals surface area contributed by atoms with E-state index in [0.29, 0.717) is 17.8 Å². The lowest BCUT2D eigenvalue weighted by Gasteiger charge is -2.63. The normalized spacial score (nSPS) is 51.9. The van der Waals surface area contributed by atoms with Crippen LogP contribution in [-0.4, -0.2) is 22.8 Å². The van der Waals surface area contributed by atoms with Gasteiger partial charge < -0.3 is 10.2 Å². The molecule has 0 aromatic rings. The second-order valence-electron chi connectivity index (χ2n) is 9.30. The molecule has 2 N–H and O–H groups in total. The molecular weight excluding hydrogens is 288 g/mol. The summed E-state index contributed by atoms with van der Waals surface area (Å²) in [5.41, 5.74) is 1.02. The summed E-state index contributed by atoms with van der Waals surface area (Å²) in [5.74, 6) is 0.704. The van der Waals surface area contributed by atoms with Crippen LogP contribution in [0.15, 0.2) is 12.2 Å². The van der Waals surface area contributed by atoms with Crippen molar-refractivity contribution < 1.29 is 15.0 Å². The summed E-state index contributed by atoms with van der Waals surface area (Å²) in [6.07, 6.45) is 9.77. The Morgan fingerprint density at radius 1 is 1.22 bits per heavy atom. The highest BCUT2D eigenvalue weighted by Gasteiger charge is 2.66. The number of carbonyl (C=O) groups is 1. The van der Waals surface area contributed by atoms with Crippen LogP contribution in [0.3, 0.4) is 0 Å². The van der Waals surface area contributed by atoms with Crippen LogP contribution >= 0.6 is 0 Å². The van der Waals surface area contributed by atoms with Crippen molar-refractivity contribution in [1.29, 1.82) is 0 Å². The van der Waals surface area contributed by atoms with E-state index >= 15 is 0 Å². The van der Waals surface area contributed by atoms with Crippen molar-refractivity contribution in [2.75, 3.05) is 6.61 Å². The molecule has 4 aliphatic rings. The molecule has 4 aliphatic carbocycles. The molecule has 6 unspecified atom stereocenters. The quantitative estimate of drug-likeness (QED) is 0.756. The molecule has 3 heteroatoms. The third kappa shape index (κ3) is 1.83. The Morgan fingerprint density at radius 3 is 2.70 bits per heavy atom. The monoisotopic (exact) mass is 318 g/mol. The first-order valence-corrected chi connectivity index (χ1v) is 9.40. The van der Waals surface area contributed by atoms with Gasteiger partial charge in [0.05, 0.1) is 12.0 Å². The topological polar surface area (TPSA) is 57.5 Å². The van der Waals surface area contributed by atoms with Crippen LogP contribution in [0.1, 0.15) is 64.7 Å². The van der Waals surface area contributed by atoms with Gasteiger partial charge >= 0.3 is 5.97 Å². The Morgan fingerprint density at radius 2 is 2.00 bits per heavy atom. The van der Waals surface area contributed by atoms with E-state index in [0.717, 1.165) is 31.6 Å². The standard InChI is InChI=1S/C20H30O3/c1-13-10-19-9-6-16-18(2,15(19)5-4-14(13)11-19)7-3-8-20(16,12-21)17(22)23/h14-16,21H,1,3-12H2,2H3,(H,22,23). The van der Waals surface area contributed by atoms with Crippen LogP contribution in [0.25, 0.3) is 0 Å². The van der Waals surface area contributed by atoms with Gasteiger partial charge in [0, 0.05) is 0 Å². The minimum Gasteiger partial charge on any atom is -0.481 e. The molecule has 1 spiro atoms. The van der Waals surface area contributed by atoms with Crippen LogP contribution in [0.2, 0.25) is 0 Å². The maximum Gasteiger partial charge on any atom is 0.312 e. The molecule has 2 bridgehead atoms. The van der Waals surface area contributed by atoms with Crippen LogP contribution in [0.5, 0.6) is 0 Å². The van der Waals surface area contributed by atoms with Gasteiger partial charge in [0.15, 0.2) is 0 Å². The average Bonchev–Trinajstić information content (AvgIpc) is 2.75. The number of hydrogen-bond acceptors (Lipinski definition) is 2. The Balaban J connectivity index is 1.76. The minimum atomic E-state index is -0.902. The zero-order valence-corrected chi connectivity index (χ0v) is 14.3. The Kier molecular flexibility index (Phi) is 3.30. The molecule has 0 heterocycles. The molecule has 128 valence electrons. The fourth-order valence-corrected chi connectivity index (χ4v) is 7.68. The molecule has 0 radical (unpaired) electrons. The van der Waals surface area contributed by atoms with Crippen molar-refractivity contribution >= 4 is 5.97 Å². The number of hydrogen-bond donors (Lipinski definition) is 2. The van der Waals surface area contributed by atoms with Crippen molar-refractivity contribution in [3.05, 3.63) is 12.2 Å². The van der Waals surface area contributed by atoms with Crippen LogP contribution < -0.4 is 0 Å². The predicted octanol–water partition coefficient (Wildman–Crippen LogP) is 4.01. The SMILES string of the molecule is C=C1CC23CCC4C(CO)(C(=O)O)CCCC4(C)C2CCC1C3. The maximum atomic E-state index is 12.1. The van der Waals surface area contributed by atoms with E-state index in [1.165, 1.54) is 31.3 Å². The minimum absolute atomic E-state index is 0.0766. The fourth-order valence-electron chi connectivity index (χ4n) is 7.68. The molecule has 6 atom stereocenters. The van der Waals surface area contributed by atoms with Crippen molar-refractivity contribution in [2.24, 2.45) is 34.0 Å². The number of aliphatic hydroxyl groups is 1. The molecule has 23 heavy (non-hydrogen) atoms. The zero-order chi connectivity index (χ0) is 16.5. The first-order valence-electron chi connectivity index (χ1n) is 9.40. The highest BCUT2D eigenvalue weighted by molar-refractivity contribution is 5.75. The summed E-state index contributed by atoms with van der Waals surface area (Å²) >= 11 is 0. The van der Waals surface area contributed by atoms with E-state index in [2.05, 4.69) is 13.5 Å². The van der Waals surface area contributed by atoms with Crippen molar-refractivity contribution in [3.8, 4) is 0 Å². The highest BCUT2D eigenvalue weighted by Crippen LogP contribution is 2.72. The molecule has 0 aromatic heterocycles. The lowest BCUT2D eigenvalue weighted by atomic mass is 9.41. The van der Waals surface area contributed by atoms with E-state index in [9.17, 15) is 15.0 Å². The number of fused-ring (bicyclic) bond motifs is 3. The summed E-state index contributed by atoms with van der Waals surface area (Å²) in [5, 5.41) is 20.0. The fraction of sp³-hybridized carbons (Fsp3) is 0.850. The van der Waals surface area contributed by atoms with Crippen molar-refractivity contribution in [3.63, 3.8) is 0 Å². The number of aliphatic carboxylic acids is 1. The van der Waals surface area contributed by atoms with E-state index < -0.39 is 11.4 Å². The zero-order valence-electron chi connectivity index (χ0n) is 14.3. The summed E-state index contributed by atoms with van der Waals surface area (Å²) in [7, 11) is 0. The van der Waals surface area contributed by atoms with Gasteiger partial charge in [-0.25, -0.2) is 0 Å². The maximum absolute atomic E-state index is 12.1. The van der Waals surface area contributed by atoms with Gasteiger partial charge in [-0.05, 0) is 80.0 Å². The van der Waals surface area contributed by atoms with Crippen LogP contribution in [-0.2, 0) is 4.79 Å². The number of carboxylic acids is 1. The number of carboxylic acid groups (broad SMARTS) is 1. The number of allylic oxidation sites excluding steroid dienone is 1. The molecule has 0 aromatic carbocycles. The van der Waals surface area contributed by atoms with Crippen molar-refractivity contribution in [1.82, 2.24) is 0 Å². The largest absolute Gasteiger partial charge is 0.481 e. The summed E-state index contributed by atoms with van der Waals surface area (Å²) in [6.45, 7) is 6.51. The van der Waals surface area contributed by atoms with Gasteiger partial charge in [-0.3, -0.25) is 4.79 Å². The van der Waals surface area contributed by atoms with Gasteiger partial charge in [0.1, 0.15) is 0 Å². The van der Waals surface area contributed by atoms with Gasteiger partial charge in [-0.15, -0.1) is 0 Å². The number of rotatable bonds is 2. The first kappa shape index (κ1) is 15.7. The predicted molar refractivity (Wildman–Crippen MR) is 88.9 cm³/mol. The second-order valence-corrected chi connectivity index (χ2v) is 9.30. The lowest BCUT2D eigenvalue weighted by Crippen LogP contribution is -2.60. The van der Waals surface area contributed by atoms with Gasteiger partial charge in [0.25, 0.3) is 0 Å². The van der Waals surface area contributed by atoms with Crippen LogP contribution in [0.4, 0.5) is 0 Å². The third-order valence-electron chi connectivity index (χ3n) is 8.59. The molecule has 4 saturated carbocycles. The second kappa shape index (κ2) is 4.84. The van der Waals surface area contributed by atoms with E-state index in [4.69, 9.17) is 0 Å². The third-order valence-corrected chi connectivity index (χ3v) is 8.59. The van der Waals surface area contributed by atoms with Gasteiger partial charge in [0.2, 0.25) is 0 Å². The summed E-state index contributed by atoms with van der Waals surface area (Å²) in [4.78, 5) is 12.1. The Labute approximate surface area is 139 Å². The van der Waals surface area contributed by atoms with Gasteiger partial charge in [-0.2, -0.15) is 0 Å². The number of aliphatic hydroxyl groups excluding tert-OH is 1. The molecule has 4 fully saturated rings. The molecule has 0 aliphatic heterocycles. The highest BCUT2D eigenvalue weighted by atomic mass is 16.4.